The third kappa shape index (κ3) is 3.52. The van der Waals surface area contributed by atoms with Gasteiger partial charge in [-0.1, -0.05) is 17.9 Å². The molecule has 24 heavy (non-hydrogen) atoms. The Kier molecular flexibility index (Phi) is 4.73. The van der Waals surface area contributed by atoms with Crippen LogP contribution < -0.4 is 10.1 Å². The van der Waals surface area contributed by atoms with Crippen LogP contribution in [0.5, 0.6) is 5.75 Å². The van der Waals surface area contributed by atoms with Gasteiger partial charge in [0.1, 0.15) is 23.7 Å². The SMILES string of the molecule is Cc1nc2ccccn2c1C(=O)NCC#CCOc1cccnc1. The van der Waals surface area contributed by atoms with Crippen LogP contribution in [0.3, 0.4) is 0 Å². The van der Waals surface area contributed by atoms with Gasteiger partial charge in [0.15, 0.2) is 0 Å². The second kappa shape index (κ2) is 7.29. The van der Waals surface area contributed by atoms with Crippen molar-refractivity contribution in [1.82, 2.24) is 19.7 Å². The second-order valence-electron chi connectivity index (χ2n) is 4.99. The number of pyridine rings is 2. The zero-order valence-electron chi connectivity index (χ0n) is 13.2. The van der Waals surface area contributed by atoms with Crippen molar-refractivity contribution in [2.45, 2.75) is 6.92 Å². The lowest BCUT2D eigenvalue weighted by molar-refractivity contribution is 0.0952. The van der Waals surface area contributed by atoms with Crippen LogP contribution in [0.25, 0.3) is 5.65 Å². The maximum absolute atomic E-state index is 12.3. The van der Waals surface area contributed by atoms with E-state index in [4.69, 9.17) is 4.74 Å². The molecular weight excluding hydrogens is 304 g/mol. The summed E-state index contributed by atoms with van der Waals surface area (Å²) in [6.45, 7) is 2.31. The Balaban J connectivity index is 1.54. The van der Waals surface area contributed by atoms with Crippen LogP contribution in [0.4, 0.5) is 0 Å². The number of aryl methyl sites for hydroxylation is 1. The average molecular weight is 320 g/mol. The normalized spacial score (nSPS) is 10.0. The Morgan fingerprint density at radius 3 is 3.04 bits per heavy atom. The molecule has 0 atom stereocenters. The first kappa shape index (κ1) is 15.6. The van der Waals surface area contributed by atoms with Crippen LogP contribution in [0.2, 0.25) is 0 Å². The van der Waals surface area contributed by atoms with Gasteiger partial charge >= 0.3 is 0 Å². The second-order valence-corrected chi connectivity index (χ2v) is 4.99. The molecule has 0 saturated heterocycles. The molecule has 3 aromatic heterocycles. The van der Waals surface area contributed by atoms with E-state index in [1.807, 2.05) is 37.4 Å². The summed E-state index contributed by atoms with van der Waals surface area (Å²) in [5.41, 5.74) is 1.96. The Morgan fingerprint density at radius 2 is 2.21 bits per heavy atom. The molecule has 6 heteroatoms. The number of carbonyl (C=O) groups is 1. The van der Waals surface area contributed by atoms with E-state index in [0.29, 0.717) is 17.1 Å². The lowest BCUT2D eigenvalue weighted by atomic mass is 10.3. The van der Waals surface area contributed by atoms with Gasteiger partial charge in [0.2, 0.25) is 0 Å². The molecule has 0 aromatic carbocycles. The highest BCUT2D eigenvalue weighted by atomic mass is 16.5. The molecule has 1 amide bonds. The standard InChI is InChI=1S/C18H16N4O2/c1-14-17(22-11-4-2-8-16(22)21-14)18(23)20-10-3-5-12-24-15-7-6-9-19-13-15/h2,4,6-9,11,13H,10,12H2,1H3,(H,20,23). The molecule has 0 bridgehead atoms. The third-order valence-corrected chi connectivity index (χ3v) is 3.33. The minimum atomic E-state index is -0.200. The van der Waals surface area contributed by atoms with Gasteiger partial charge in [-0.25, -0.2) is 4.98 Å². The minimum Gasteiger partial charge on any atom is -0.479 e. The minimum absolute atomic E-state index is 0.200. The highest BCUT2D eigenvalue weighted by molar-refractivity contribution is 5.94. The zero-order chi connectivity index (χ0) is 16.8. The van der Waals surface area contributed by atoms with E-state index in [1.165, 1.54) is 0 Å². The molecular formula is C18H16N4O2. The first-order valence-corrected chi connectivity index (χ1v) is 7.46. The Bertz CT molecular complexity index is 907. The number of hydrogen-bond donors (Lipinski definition) is 1. The van der Waals surface area contributed by atoms with Crippen LogP contribution in [-0.2, 0) is 0 Å². The van der Waals surface area contributed by atoms with E-state index >= 15 is 0 Å². The number of carbonyl (C=O) groups excluding carboxylic acids is 1. The van der Waals surface area contributed by atoms with Gasteiger partial charge < -0.3 is 10.1 Å². The number of amides is 1. The van der Waals surface area contributed by atoms with Gasteiger partial charge in [-0.2, -0.15) is 0 Å². The van der Waals surface area contributed by atoms with Gasteiger partial charge in [0.05, 0.1) is 18.4 Å². The number of nitrogens with zero attached hydrogens (tertiary/aromatic N) is 3. The summed E-state index contributed by atoms with van der Waals surface area (Å²) >= 11 is 0. The summed E-state index contributed by atoms with van der Waals surface area (Å²) in [7, 11) is 0. The molecule has 0 aliphatic heterocycles. The van der Waals surface area contributed by atoms with E-state index in [0.717, 1.165) is 5.65 Å². The predicted octanol–water partition coefficient (Wildman–Crippen LogP) is 1.85. The van der Waals surface area contributed by atoms with Crippen molar-refractivity contribution in [3.8, 4) is 17.6 Å². The highest BCUT2D eigenvalue weighted by Gasteiger charge is 2.15. The fourth-order valence-corrected chi connectivity index (χ4v) is 2.26. The molecule has 3 rings (SSSR count). The van der Waals surface area contributed by atoms with E-state index < -0.39 is 0 Å². The van der Waals surface area contributed by atoms with Crippen LogP contribution in [-0.4, -0.2) is 33.4 Å². The summed E-state index contributed by atoms with van der Waals surface area (Å²) in [5, 5.41) is 2.78. The monoisotopic (exact) mass is 320 g/mol. The number of nitrogens with one attached hydrogen (secondary N) is 1. The summed E-state index contributed by atoms with van der Waals surface area (Å²) in [4.78, 5) is 20.6. The van der Waals surface area contributed by atoms with Crippen molar-refractivity contribution < 1.29 is 9.53 Å². The van der Waals surface area contributed by atoms with Crippen molar-refractivity contribution in [1.29, 1.82) is 0 Å². The van der Waals surface area contributed by atoms with Crippen LogP contribution in [0.1, 0.15) is 16.2 Å². The van der Waals surface area contributed by atoms with Crippen LogP contribution in [0.15, 0.2) is 48.9 Å². The summed E-state index contributed by atoms with van der Waals surface area (Å²) < 4.78 is 7.17. The number of hydrogen-bond acceptors (Lipinski definition) is 4. The van der Waals surface area contributed by atoms with Gasteiger partial charge in [-0.3, -0.25) is 14.2 Å². The quantitative estimate of drug-likeness (QED) is 0.745. The van der Waals surface area contributed by atoms with Gasteiger partial charge in [0, 0.05) is 12.4 Å². The highest BCUT2D eigenvalue weighted by Crippen LogP contribution is 2.11. The van der Waals surface area contributed by atoms with Crippen LogP contribution >= 0.6 is 0 Å². The smallest absolute Gasteiger partial charge is 0.270 e. The van der Waals surface area contributed by atoms with E-state index in [1.54, 1.807) is 22.9 Å². The Labute approximate surface area is 139 Å². The lowest BCUT2D eigenvalue weighted by Gasteiger charge is -2.02. The number of fused-ring (bicyclic) bond motifs is 1. The Hall–Kier alpha value is -3.33. The van der Waals surface area contributed by atoms with Crippen molar-refractivity contribution in [2.24, 2.45) is 0 Å². The molecule has 0 spiro atoms. The molecule has 0 aliphatic rings. The first-order valence-electron chi connectivity index (χ1n) is 7.46. The summed E-state index contributed by atoms with van der Waals surface area (Å²) in [5.74, 6) is 6.17. The van der Waals surface area contributed by atoms with Crippen molar-refractivity contribution in [2.75, 3.05) is 13.2 Å². The largest absolute Gasteiger partial charge is 0.479 e. The molecule has 0 radical (unpaired) electrons. The molecule has 0 unspecified atom stereocenters. The zero-order valence-corrected chi connectivity index (χ0v) is 13.2. The van der Waals surface area contributed by atoms with Crippen molar-refractivity contribution in [3.63, 3.8) is 0 Å². The van der Waals surface area contributed by atoms with Crippen molar-refractivity contribution >= 4 is 11.6 Å². The Morgan fingerprint density at radius 1 is 1.29 bits per heavy atom. The predicted molar refractivity (Wildman–Crippen MR) is 89.8 cm³/mol. The molecule has 1 N–H and O–H groups in total. The molecule has 0 saturated carbocycles. The molecule has 0 fully saturated rings. The number of rotatable bonds is 4. The van der Waals surface area contributed by atoms with Crippen LogP contribution in [0, 0.1) is 18.8 Å². The number of aromatic nitrogens is 3. The summed E-state index contributed by atoms with van der Waals surface area (Å²) in [6, 6.07) is 9.21. The molecule has 3 aromatic rings. The third-order valence-electron chi connectivity index (χ3n) is 3.33. The van der Waals surface area contributed by atoms with E-state index in [9.17, 15) is 4.79 Å². The first-order chi connectivity index (χ1) is 11.8. The maximum Gasteiger partial charge on any atom is 0.270 e. The molecule has 0 aliphatic carbocycles. The number of imidazole rings is 1. The molecule has 3 heterocycles. The summed E-state index contributed by atoms with van der Waals surface area (Å²) in [6.07, 6.45) is 5.12. The fourth-order valence-electron chi connectivity index (χ4n) is 2.26. The molecule has 120 valence electrons. The average Bonchev–Trinajstić information content (AvgIpc) is 2.94. The fraction of sp³-hybridized carbons (Fsp3) is 0.167. The van der Waals surface area contributed by atoms with E-state index in [-0.39, 0.29) is 19.1 Å². The maximum atomic E-state index is 12.3. The topological polar surface area (TPSA) is 68.5 Å². The van der Waals surface area contributed by atoms with Gasteiger partial charge in [-0.15, -0.1) is 0 Å². The van der Waals surface area contributed by atoms with Gasteiger partial charge in [-0.05, 0) is 31.2 Å². The van der Waals surface area contributed by atoms with E-state index in [2.05, 4.69) is 27.1 Å². The molecule has 6 nitrogen and oxygen atoms in total. The number of ether oxygens (including phenoxy) is 1. The van der Waals surface area contributed by atoms with Gasteiger partial charge in [0.25, 0.3) is 5.91 Å². The van der Waals surface area contributed by atoms with Crippen molar-refractivity contribution in [3.05, 3.63) is 60.3 Å². The lowest BCUT2D eigenvalue weighted by Crippen LogP contribution is -2.25.